The number of sulfonamides is 1. The summed E-state index contributed by atoms with van der Waals surface area (Å²) >= 11 is 0. The molecule has 2 aromatic rings. The van der Waals surface area contributed by atoms with Crippen LogP contribution in [0, 0.1) is 0 Å². The van der Waals surface area contributed by atoms with Crippen LogP contribution >= 0.6 is 24.0 Å². The summed E-state index contributed by atoms with van der Waals surface area (Å²) in [6.07, 6.45) is 4.91. The van der Waals surface area contributed by atoms with Crippen molar-refractivity contribution in [2.75, 3.05) is 38.1 Å². The zero-order valence-electron chi connectivity index (χ0n) is 17.0. The van der Waals surface area contributed by atoms with Gasteiger partial charge in [0.1, 0.15) is 4.90 Å². The number of rotatable bonds is 7. The van der Waals surface area contributed by atoms with E-state index in [2.05, 4.69) is 54.5 Å². The van der Waals surface area contributed by atoms with Crippen LogP contribution in [0.15, 0.2) is 64.7 Å². The number of aromatic nitrogens is 1. The number of guanidine groups is 1. The van der Waals surface area contributed by atoms with E-state index in [9.17, 15) is 8.42 Å². The predicted octanol–water partition coefficient (Wildman–Crippen LogP) is 1.81. The molecule has 164 valence electrons. The Morgan fingerprint density at radius 1 is 1.13 bits per heavy atom. The number of halogens is 1. The summed E-state index contributed by atoms with van der Waals surface area (Å²) in [6, 6.07) is 13.9. The molecule has 1 fully saturated rings. The number of piperidine rings is 1. The first-order valence-electron chi connectivity index (χ1n) is 9.75. The number of pyridine rings is 1. The molecule has 0 unspecified atom stereocenters. The highest BCUT2D eigenvalue weighted by Gasteiger charge is 2.20. The Morgan fingerprint density at radius 2 is 1.87 bits per heavy atom. The van der Waals surface area contributed by atoms with Gasteiger partial charge in [0.15, 0.2) is 5.96 Å². The summed E-state index contributed by atoms with van der Waals surface area (Å²) < 4.78 is 26.9. The van der Waals surface area contributed by atoms with Gasteiger partial charge in [0, 0.05) is 57.3 Å². The maximum absolute atomic E-state index is 12.2. The molecule has 3 rings (SSSR count). The molecule has 10 heteroatoms. The standard InChI is InChI=1S/C20H28N6O2S.HI/c1-21-20(23-12-13-24-29(27,28)19-8-5-11-22-16-19)25-17-9-14-26(15-10-17)18-6-3-2-4-7-18;/h2-8,11,16-17,24H,9-10,12-15H2,1H3,(H2,21,23,25);1H. The number of para-hydroxylation sites is 1. The van der Waals surface area contributed by atoms with E-state index in [-0.39, 0.29) is 35.4 Å². The van der Waals surface area contributed by atoms with Crippen molar-refractivity contribution in [1.29, 1.82) is 0 Å². The Kier molecular flexibility index (Phi) is 9.79. The minimum Gasteiger partial charge on any atom is -0.371 e. The number of hydrogen-bond acceptors (Lipinski definition) is 5. The van der Waals surface area contributed by atoms with Crippen molar-refractivity contribution in [3.05, 3.63) is 54.9 Å². The molecule has 3 N–H and O–H groups in total. The Bertz CT molecular complexity index is 888. The highest BCUT2D eigenvalue weighted by Crippen LogP contribution is 2.19. The predicted molar refractivity (Wildman–Crippen MR) is 131 cm³/mol. The van der Waals surface area contributed by atoms with Gasteiger partial charge in [-0.15, -0.1) is 24.0 Å². The number of nitrogens with one attached hydrogen (secondary N) is 3. The maximum Gasteiger partial charge on any atom is 0.242 e. The maximum atomic E-state index is 12.2. The van der Waals surface area contributed by atoms with Crippen molar-refractivity contribution in [2.24, 2.45) is 4.99 Å². The third-order valence-electron chi connectivity index (χ3n) is 4.83. The van der Waals surface area contributed by atoms with Crippen LogP contribution in [0.25, 0.3) is 0 Å². The van der Waals surface area contributed by atoms with Crippen LogP contribution < -0.4 is 20.3 Å². The lowest BCUT2D eigenvalue weighted by atomic mass is 10.0. The molecular weight excluding hydrogens is 515 g/mol. The fourth-order valence-electron chi connectivity index (χ4n) is 3.26. The van der Waals surface area contributed by atoms with Gasteiger partial charge in [-0.2, -0.15) is 0 Å². The average molecular weight is 544 g/mol. The molecule has 1 saturated heterocycles. The molecule has 0 bridgehead atoms. The monoisotopic (exact) mass is 544 g/mol. The summed E-state index contributed by atoms with van der Waals surface area (Å²) in [6.45, 7) is 2.67. The summed E-state index contributed by atoms with van der Waals surface area (Å²) in [4.78, 5) is 10.6. The Morgan fingerprint density at radius 3 is 2.50 bits per heavy atom. The lowest BCUT2D eigenvalue weighted by Gasteiger charge is -2.34. The number of hydrogen-bond donors (Lipinski definition) is 3. The van der Waals surface area contributed by atoms with Gasteiger partial charge >= 0.3 is 0 Å². The van der Waals surface area contributed by atoms with Crippen molar-refractivity contribution in [1.82, 2.24) is 20.3 Å². The lowest BCUT2D eigenvalue weighted by molar-refractivity contribution is 0.461. The molecule has 30 heavy (non-hydrogen) atoms. The molecular formula is C20H29IN6O2S. The van der Waals surface area contributed by atoms with Gasteiger partial charge in [-0.25, -0.2) is 13.1 Å². The molecule has 8 nitrogen and oxygen atoms in total. The van der Waals surface area contributed by atoms with Gasteiger partial charge in [-0.3, -0.25) is 9.98 Å². The zero-order valence-corrected chi connectivity index (χ0v) is 20.1. The van der Waals surface area contributed by atoms with Gasteiger partial charge in [0.05, 0.1) is 0 Å². The van der Waals surface area contributed by atoms with Crippen LogP contribution in [-0.2, 0) is 10.0 Å². The van der Waals surface area contributed by atoms with Gasteiger partial charge in [-0.05, 0) is 37.1 Å². The number of aliphatic imine (C=N–C) groups is 1. The van der Waals surface area contributed by atoms with E-state index >= 15 is 0 Å². The second-order valence-electron chi connectivity index (χ2n) is 6.83. The van der Waals surface area contributed by atoms with Crippen LogP contribution in [0.3, 0.4) is 0 Å². The molecule has 0 amide bonds. The summed E-state index contributed by atoms with van der Waals surface area (Å²) in [5.41, 5.74) is 1.26. The fourth-order valence-corrected chi connectivity index (χ4v) is 4.26. The van der Waals surface area contributed by atoms with Gasteiger partial charge in [0.2, 0.25) is 10.0 Å². The second kappa shape index (κ2) is 12.1. The largest absolute Gasteiger partial charge is 0.371 e. The molecule has 1 aliphatic heterocycles. The first-order valence-corrected chi connectivity index (χ1v) is 11.2. The summed E-state index contributed by atoms with van der Waals surface area (Å²) in [7, 11) is -1.83. The van der Waals surface area contributed by atoms with Crippen LogP contribution in [-0.4, -0.2) is 58.6 Å². The summed E-state index contributed by atoms with van der Waals surface area (Å²) in [5.74, 6) is 0.684. The number of benzene rings is 1. The molecule has 1 aromatic carbocycles. The van der Waals surface area contributed by atoms with Crippen LogP contribution in [0.5, 0.6) is 0 Å². The van der Waals surface area contributed by atoms with E-state index in [4.69, 9.17) is 0 Å². The molecule has 0 radical (unpaired) electrons. The molecule has 1 aliphatic rings. The molecule has 0 saturated carbocycles. The van der Waals surface area contributed by atoms with Crippen LogP contribution in [0.2, 0.25) is 0 Å². The van der Waals surface area contributed by atoms with E-state index in [1.54, 1.807) is 19.3 Å². The Hall–Kier alpha value is -1.92. The van der Waals surface area contributed by atoms with E-state index in [1.807, 2.05) is 6.07 Å². The Balaban J connectivity index is 0.00000320. The number of nitrogens with zero attached hydrogens (tertiary/aromatic N) is 3. The minimum atomic E-state index is -3.54. The van der Waals surface area contributed by atoms with E-state index in [0.717, 1.165) is 25.9 Å². The Labute approximate surface area is 195 Å². The van der Waals surface area contributed by atoms with E-state index in [0.29, 0.717) is 18.5 Å². The lowest BCUT2D eigenvalue weighted by Crippen LogP contribution is -2.49. The highest BCUT2D eigenvalue weighted by atomic mass is 127. The van der Waals surface area contributed by atoms with Gasteiger partial charge in [-0.1, -0.05) is 18.2 Å². The van der Waals surface area contributed by atoms with Crippen LogP contribution in [0.4, 0.5) is 5.69 Å². The smallest absolute Gasteiger partial charge is 0.242 e. The van der Waals surface area contributed by atoms with Gasteiger partial charge in [0.25, 0.3) is 0 Å². The fraction of sp³-hybridized carbons (Fsp3) is 0.400. The van der Waals surface area contributed by atoms with Crippen molar-refractivity contribution in [2.45, 2.75) is 23.8 Å². The third-order valence-corrected chi connectivity index (χ3v) is 6.28. The quantitative estimate of drug-likeness (QED) is 0.213. The average Bonchev–Trinajstić information content (AvgIpc) is 2.77. The topological polar surface area (TPSA) is 98.7 Å². The van der Waals surface area contributed by atoms with E-state index in [1.165, 1.54) is 18.0 Å². The second-order valence-corrected chi connectivity index (χ2v) is 8.59. The van der Waals surface area contributed by atoms with E-state index < -0.39 is 10.0 Å². The first kappa shape index (κ1) is 24.4. The van der Waals surface area contributed by atoms with Gasteiger partial charge < -0.3 is 15.5 Å². The molecule has 2 heterocycles. The van der Waals surface area contributed by atoms with Crippen molar-refractivity contribution in [3.63, 3.8) is 0 Å². The SMILES string of the molecule is CN=C(NCCNS(=O)(=O)c1cccnc1)NC1CCN(c2ccccc2)CC1.I. The van der Waals surface area contributed by atoms with Crippen molar-refractivity contribution < 1.29 is 8.42 Å². The number of anilines is 1. The minimum absolute atomic E-state index is 0. The van der Waals surface area contributed by atoms with Crippen molar-refractivity contribution in [3.8, 4) is 0 Å². The first-order chi connectivity index (χ1) is 14.1. The molecule has 0 atom stereocenters. The molecule has 0 aliphatic carbocycles. The van der Waals surface area contributed by atoms with Crippen LogP contribution in [0.1, 0.15) is 12.8 Å². The highest BCUT2D eigenvalue weighted by molar-refractivity contribution is 14.0. The zero-order chi connectivity index (χ0) is 20.5. The molecule has 1 aromatic heterocycles. The van der Waals surface area contributed by atoms with Crippen molar-refractivity contribution >= 4 is 45.6 Å². The normalized spacial score (nSPS) is 15.4. The summed E-state index contributed by atoms with van der Waals surface area (Å²) in [5, 5.41) is 6.60. The third kappa shape index (κ3) is 7.10. The molecule has 0 spiro atoms.